The number of halogens is 1. The van der Waals surface area contributed by atoms with Gasteiger partial charge < -0.3 is 9.84 Å². The molecule has 1 N–H and O–H groups in total. The lowest BCUT2D eigenvalue weighted by atomic mass is 10.2. The monoisotopic (exact) mass is 291 g/mol. The molecule has 0 aliphatic carbocycles. The van der Waals surface area contributed by atoms with E-state index in [1.165, 1.54) is 17.0 Å². The lowest BCUT2D eigenvalue weighted by Gasteiger charge is -2.18. The van der Waals surface area contributed by atoms with Gasteiger partial charge in [0.25, 0.3) is 0 Å². The Bertz CT molecular complexity index is 601. The molecule has 0 radical (unpaired) electrons. The average Bonchev–Trinajstić information content (AvgIpc) is 2.45. The molecule has 4 nitrogen and oxygen atoms in total. The van der Waals surface area contributed by atoms with E-state index in [4.69, 9.17) is 16.3 Å². The van der Waals surface area contributed by atoms with Crippen LogP contribution in [0.25, 0.3) is 0 Å². The van der Waals surface area contributed by atoms with Gasteiger partial charge in [-0.05, 0) is 17.7 Å². The molecule has 5 heteroatoms. The van der Waals surface area contributed by atoms with Crippen molar-refractivity contribution in [2.24, 2.45) is 0 Å². The molecule has 0 spiro atoms. The zero-order chi connectivity index (χ0) is 14.5. The molecule has 0 saturated heterocycles. The van der Waals surface area contributed by atoms with Gasteiger partial charge in [0.2, 0.25) is 0 Å². The maximum absolute atomic E-state index is 11.9. The number of phenols is 1. The second kappa shape index (κ2) is 6.30. The summed E-state index contributed by atoms with van der Waals surface area (Å²) >= 11 is 5.98. The Labute approximate surface area is 122 Å². The number of hydrogen-bond acceptors (Lipinski definition) is 3. The summed E-state index contributed by atoms with van der Waals surface area (Å²) in [6, 6.07) is 13.8. The van der Waals surface area contributed by atoms with E-state index >= 15 is 0 Å². The molecule has 0 saturated carbocycles. The molecule has 0 atom stereocenters. The molecule has 2 rings (SSSR count). The van der Waals surface area contributed by atoms with Crippen LogP contribution in [0, 0.1) is 0 Å². The SMILES string of the molecule is CN(C(=O)OCc1ccccc1)c1ccc(O)cc1Cl. The quantitative estimate of drug-likeness (QED) is 0.935. The highest BCUT2D eigenvalue weighted by molar-refractivity contribution is 6.33. The largest absolute Gasteiger partial charge is 0.508 e. The van der Waals surface area contributed by atoms with Crippen molar-refractivity contribution >= 4 is 23.4 Å². The van der Waals surface area contributed by atoms with Crippen molar-refractivity contribution < 1.29 is 14.6 Å². The summed E-state index contributed by atoms with van der Waals surface area (Å²) in [5, 5.41) is 9.57. The number of carbonyl (C=O) groups excluding carboxylic acids is 1. The third-order valence-corrected chi connectivity index (χ3v) is 3.07. The average molecular weight is 292 g/mol. The standard InChI is InChI=1S/C15H14ClNO3/c1-17(14-8-7-12(18)9-13(14)16)15(19)20-10-11-5-3-2-4-6-11/h2-9,18H,10H2,1H3. The summed E-state index contributed by atoms with van der Waals surface area (Å²) in [6.07, 6.45) is -0.513. The van der Waals surface area contributed by atoms with Crippen molar-refractivity contribution in [2.45, 2.75) is 6.61 Å². The molecule has 0 bridgehead atoms. The topological polar surface area (TPSA) is 49.8 Å². The van der Waals surface area contributed by atoms with Crippen LogP contribution in [0.2, 0.25) is 5.02 Å². The van der Waals surface area contributed by atoms with E-state index in [0.717, 1.165) is 5.56 Å². The van der Waals surface area contributed by atoms with Crippen molar-refractivity contribution in [3.05, 3.63) is 59.1 Å². The number of carbonyl (C=O) groups is 1. The van der Waals surface area contributed by atoms with Crippen molar-refractivity contribution in [3.63, 3.8) is 0 Å². The molecule has 104 valence electrons. The van der Waals surface area contributed by atoms with E-state index in [1.807, 2.05) is 30.3 Å². The number of amides is 1. The van der Waals surface area contributed by atoms with E-state index in [9.17, 15) is 9.90 Å². The molecule has 0 fully saturated rings. The summed E-state index contributed by atoms with van der Waals surface area (Å²) in [6.45, 7) is 0.194. The second-order valence-corrected chi connectivity index (χ2v) is 4.64. The van der Waals surface area contributed by atoms with Crippen molar-refractivity contribution in [3.8, 4) is 5.75 Å². The minimum atomic E-state index is -0.513. The summed E-state index contributed by atoms with van der Waals surface area (Å²) < 4.78 is 5.20. The van der Waals surface area contributed by atoms with E-state index < -0.39 is 6.09 Å². The highest BCUT2D eigenvalue weighted by atomic mass is 35.5. The molecule has 0 aliphatic heterocycles. The van der Waals surface area contributed by atoms with E-state index in [2.05, 4.69) is 0 Å². The van der Waals surface area contributed by atoms with E-state index in [0.29, 0.717) is 5.69 Å². The van der Waals surface area contributed by atoms with Gasteiger partial charge in [-0.25, -0.2) is 4.79 Å². The Morgan fingerprint density at radius 3 is 2.60 bits per heavy atom. The van der Waals surface area contributed by atoms with Crippen LogP contribution in [-0.2, 0) is 11.3 Å². The maximum atomic E-state index is 11.9. The Hall–Kier alpha value is -2.20. The van der Waals surface area contributed by atoms with Crippen LogP contribution in [0.3, 0.4) is 0 Å². The molecule has 0 heterocycles. The Morgan fingerprint density at radius 2 is 1.95 bits per heavy atom. The molecular weight excluding hydrogens is 278 g/mol. The first-order valence-electron chi connectivity index (χ1n) is 6.01. The number of benzene rings is 2. The van der Waals surface area contributed by atoms with Gasteiger partial charge in [-0.2, -0.15) is 0 Å². The Balaban J connectivity index is 2.01. The minimum Gasteiger partial charge on any atom is -0.508 e. The predicted octanol–water partition coefficient (Wildman–Crippen LogP) is 3.82. The molecule has 0 unspecified atom stereocenters. The van der Waals surface area contributed by atoms with Crippen molar-refractivity contribution in [1.82, 2.24) is 0 Å². The van der Waals surface area contributed by atoms with Gasteiger partial charge >= 0.3 is 6.09 Å². The molecule has 0 aliphatic rings. The van der Waals surface area contributed by atoms with Crippen LogP contribution < -0.4 is 4.90 Å². The van der Waals surface area contributed by atoms with Crippen LogP contribution in [0.5, 0.6) is 5.75 Å². The van der Waals surface area contributed by atoms with Crippen LogP contribution in [0.4, 0.5) is 10.5 Å². The zero-order valence-electron chi connectivity index (χ0n) is 10.9. The number of nitrogens with zero attached hydrogens (tertiary/aromatic N) is 1. The zero-order valence-corrected chi connectivity index (χ0v) is 11.7. The Kier molecular flexibility index (Phi) is 4.48. The predicted molar refractivity (Wildman–Crippen MR) is 78.1 cm³/mol. The van der Waals surface area contributed by atoms with Crippen molar-refractivity contribution in [2.75, 3.05) is 11.9 Å². The minimum absolute atomic E-state index is 0.0461. The lowest BCUT2D eigenvalue weighted by Crippen LogP contribution is -2.27. The highest BCUT2D eigenvalue weighted by Crippen LogP contribution is 2.28. The molecular formula is C15H14ClNO3. The smallest absolute Gasteiger partial charge is 0.414 e. The number of anilines is 1. The first-order valence-corrected chi connectivity index (χ1v) is 6.38. The van der Waals surface area contributed by atoms with E-state index in [-0.39, 0.29) is 17.4 Å². The molecule has 2 aromatic rings. The fraction of sp³-hybridized carbons (Fsp3) is 0.133. The van der Waals surface area contributed by atoms with Crippen LogP contribution >= 0.6 is 11.6 Å². The summed E-state index contributed by atoms with van der Waals surface area (Å²) in [4.78, 5) is 13.2. The highest BCUT2D eigenvalue weighted by Gasteiger charge is 2.15. The van der Waals surface area contributed by atoms with Gasteiger partial charge in [-0.1, -0.05) is 41.9 Å². The Morgan fingerprint density at radius 1 is 1.25 bits per heavy atom. The summed E-state index contributed by atoms with van der Waals surface area (Å²) in [5.74, 6) is 0.0461. The number of ether oxygens (including phenoxy) is 1. The number of hydrogen-bond donors (Lipinski definition) is 1. The molecule has 0 aromatic heterocycles. The third kappa shape index (κ3) is 3.42. The van der Waals surface area contributed by atoms with Gasteiger partial charge in [0.05, 0.1) is 10.7 Å². The van der Waals surface area contributed by atoms with Gasteiger partial charge in [0.15, 0.2) is 0 Å². The fourth-order valence-corrected chi connectivity index (χ4v) is 1.98. The van der Waals surface area contributed by atoms with Gasteiger partial charge in [-0.3, -0.25) is 4.90 Å². The van der Waals surface area contributed by atoms with Crippen LogP contribution in [0.15, 0.2) is 48.5 Å². The lowest BCUT2D eigenvalue weighted by molar-refractivity contribution is 0.148. The molecule has 2 aromatic carbocycles. The van der Waals surface area contributed by atoms with Crippen LogP contribution in [-0.4, -0.2) is 18.2 Å². The maximum Gasteiger partial charge on any atom is 0.414 e. The number of phenolic OH excluding ortho intramolecular Hbond substituents is 1. The second-order valence-electron chi connectivity index (χ2n) is 4.23. The van der Waals surface area contributed by atoms with E-state index in [1.54, 1.807) is 13.1 Å². The normalized spacial score (nSPS) is 10.1. The molecule has 1 amide bonds. The summed E-state index contributed by atoms with van der Waals surface area (Å²) in [7, 11) is 1.56. The number of rotatable bonds is 3. The van der Waals surface area contributed by atoms with Gasteiger partial charge in [-0.15, -0.1) is 0 Å². The number of aromatic hydroxyl groups is 1. The molecule has 20 heavy (non-hydrogen) atoms. The van der Waals surface area contributed by atoms with Crippen LogP contribution in [0.1, 0.15) is 5.56 Å². The first kappa shape index (κ1) is 14.2. The summed E-state index contributed by atoms with van der Waals surface area (Å²) in [5.41, 5.74) is 1.38. The fourth-order valence-electron chi connectivity index (χ4n) is 1.68. The van der Waals surface area contributed by atoms with Gasteiger partial charge in [0.1, 0.15) is 12.4 Å². The van der Waals surface area contributed by atoms with Crippen molar-refractivity contribution in [1.29, 1.82) is 0 Å². The first-order chi connectivity index (χ1) is 9.58. The van der Waals surface area contributed by atoms with Gasteiger partial charge in [0, 0.05) is 13.1 Å². The third-order valence-electron chi connectivity index (χ3n) is 2.77.